The summed E-state index contributed by atoms with van der Waals surface area (Å²) in [5.74, 6) is 0.278. The molecule has 1 atom stereocenters. The maximum atomic E-state index is 13.1. The van der Waals surface area contributed by atoms with Crippen molar-refractivity contribution in [1.82, 2.24) is 9.88 Å². The van der Waals surface area contributed by atoms with Crippen LogP contribution in [-0.2, 0) is 27.3 Å². The molecule has 6 nitrogen and oxygen atoms in total. The molecule has 7 heteroatoms. The Hall–Kier alpha value is -2.93. The number of rotatable bonds is 8. The summed E-state index contributed by atoms with van der Waals surface area (Å²) in [6.07, 6.45) is 0.113. The van der Waals surface area contributed by atoms with Crippen LogP contribution in [0.25, 0.3) is 10.8 Å². The molecule has 0 aliphatic heterocycles. The Morgan fingerprint density at radius 2 is 1.97 bits per heavy atom. The first-order chi connectivity index (χ1) is 14.0. The first-order valence-corrected chi connectivity index (χ1v) is 10.3. The quantitative estimate of drug-likeness (QED) is 0.521. The Bertz CT molecular complexity index is 951. The van der Waals surface area contributed by atoms with Crippen LogP contribution in [0.5, 0.6) is 0 Å². The third-order valence-corrected chi connectivity index (χ3v) is 5.47. The number of nitrogens with zero attached hydrogens (tertiary/aromatic N) is 2. The fourth-order valence-corrected chi connectivity index (χ4v) is 3.67. The van der Waals surface area contributed by atoms with E-state index < -0.39 is 5.92 Å². The van der Waals surface area contributed by atoms with E-state index in [2.05, 4.69) is 4.98 Å². The third kappa shape index (κ3) is 5.32. The molecule has 0 saturated carbocycles. The van der Waals surface area contributed by atoms with Gasteiger partial charge in [0.15, 0.2) is 0 Å². The zero-order valence-corrected chi connectivity index (χ0v) is 17.6. The number of thiophene rings is 1. The molecule has 3 aromatic rings. The summed E-state index contributed by atoms with van der Waals surface area (Å²) in [6.45, 7) is 4.25. The lowest BCUT2D eigenvalue weighted by Crippen LogP contribution is -2.37. The summed E-state index contributed by atoms with van der Waals surface area (Å²) in [6, 6.07) is 13.6. The summed E-state index contributed by atoms with van der Waals surface area (Å²) in [5, 5.41) is 1.95. The van der Waals surface area contributed by atoms with Crippen LogP contribution >= 0.6 is 11.3 Å². The Morgan fingerprint density at radius 1 is 1.21 bits per heavy atom. The molecule has 2 aromatic heterocycles. The molecule has 0 radical (unpaired) electrons. The van der Waals surface area contributed by atoms with Gasteiger partial charge in [0.1, 0.15) is 5.76 Å². The van der Waals surface area contributed by atoms with Crippen molar-refractivity contribution < 1.29 is 18.7 Å². The van der Waals surface area contributed by atoms with Crippen LogP contribution in [0.2, 0.25) is 0 Å². The maximum Gasteiger partial charge on any atom is 0.310 e. The normalized spacial score (nSPS) is 11.8. The molecule has 0 saturated heterocycles. The molecule has 0 aliphatic carbocycles. The molecule has 0 N–H and O–H groups in total. The molecule has 0 spiro atoms. The van der Waals surface area contributed by atoms with Crippen molar-refractivity contribution in [3.05, 3.63) is 64.9 Å². The van der Waals surface area contributed by atoms with Crippen molar-refractivity contribution in [1.29, 1.82) is 0 Å². The average Bonchev–Trinajstić information content (AvgIpc) is 3.38. The Kier molecular flexibility index (Phi) is 6.82. The number of esters is 1. The van der Waals surface area contributed by atoms with Gasteiger partial charge >= 0.3 is 5.97 Å². The SMILES string of the molecule is COC(=O)C(C)CN(Cc1ccccc1)C(=O)Cc1nc(-c2cccs2)oc1C. The van der Waals surface area contributed by atoms with Gasteiger partial charge in [-0.3, -0.25) is 9.59 Å². The molecule has 0 aliphatic rings. The van der Waals surface area contributed by atoms with Crippen LogP contribution in [0.1, 0.15) is 23.9 Å². The van der Waals surface area contributed by atoms with Gasteiger partial charge in [-0.25, -0.2) is 4.98 Å². The fourth-order valence-electron chi connectivity index (χ4n) is 3.02. The van der Waals surface area contributed by atoms with Crippen LogP contribution in [0.3, 0.4) is 0 Å². The molecule has 0 fully saturated rings. The Labute approximate surface area is 174 Å². The second-order valence-electron chi connectivity index (χ2n) is 6.86. The molecule has 0 bridgehead atoms. The van der Waals surface area contributed by atoms with Crippen molar-refractivity contribution >= 4 is 23.2 Å². The summed E-state index contributed by atoms with van der Waals surface area (Å²) >= 11 is 1.54. The number of hydrogen-bond donors (Lipinski definition) is 0. The van der Waals surface area contributed by atoms with Gasteiger partial charge in [0.2, 0.25) is 11.8 Å². The van der Waals surface area contributed by atoms with Gasteiger partial charge in [0, 0.05) is 13.1 Å². The minimum Gasteiger partial charge on any atom is -0.469 e. The van der Waals surface area contributed by atoms with Gasteiger partial charge in [-0.1, -0.05) is 43.3 Å². The molecular weight excluding hydrogens is 388 g/mol. The lowest BCUT2D eigenvalue weighted by atomic mass is 10.1. The number of hydrogen-bond acceptors (Lipinski definition) is 6. The Morgan fingerprint density at radius 3 is 2.62 bits per heavy atom. The highest BCUT2D eigenvalue weighted by Gasteiger charge is 2.24. The van der Waals surface area contributed by atoms with Crippen molar-refractivity contribution in [2.75, 3.05) is 13.7 Å². The second kappa shape index (κ2) is 9.52. The van der Waals surface area contributed by atoms with Crippen LogP contribution < -0.4 is 0 Å². The number of methoxy groups -OCH3 is 1. The maximum absolute atomic E-state index is 13.1. The van der Waals surface area contributed by atoms with E-state index in [4.69, 9.17) is 9.15 Å². The van der Waals surface area contributed by atoms with E-state index in [-0.39, 0.29) is 24.8 Å². The number of benzene rings is 1. The minimum atomic E-state index is -0.423. The number of carbonyl (C=O) groups excluding carboxylic acids is 2. The van der Waals surface area contributed by atoms with Gasteiger partial charge in [-0.2, -0.15) is 0 Å². The van der Waals surface area contributed by atoms with E-state index in [1.165, 1.54) is 18.4 Å². The van der Waals surface area contributed by atoms with E-state index in [1.54, 1.807) is 11.8 Å². The van der Waals surface area contributed by atoms with E-state index in [0.717, 1.165) is 10.4 Å². The highest BCUT2D eigenvalue weighted by atomic mass is 32.1. The lowest BCUT2D eigenvalue weighted by Gasteiger charge is -2.25. The standard InChI is InChI=1S/C22H24N2O4S/c1-15(22(26)27-3)13-24(14-17-8-5-4-6-9-17)20(25)12-18-16(2)28-21(23-18)19-10-7-11-29-19/h4-11,15H,12-14H2,1-3H3. The molecule has 1 amide bonds. The number of aromatic nitrogens is 1. The van der Waals surface area contributed by atoms with Crippen molar-refractivity contribution in [3.8, 4) is 10.8 Å². The highest BCUT2D eigenvalue weighted by molar-refractivity contribution is 7.13. The molecule has 1 aromatic carbocycles. The number of amides is 1. The topological polar surface area (TPSA) is 72.6 Å². The zero-order chi connectivity index (χ0) is 20.8. The molecule has 3 rings (SSSR count). The highest BCUT2D eigenvalue weighted by Crippen LogP contribution is 2.26. The second-order valence-corrected chi connectivity index (χ2v) is 7.81. The molecule has 29 heavy (non-hydrogen) atoms. The van der Waals surface area contributed by atoms with Gasteiger partial charge in [0.25, 0.3) is 0 Å². The first kappa shape index (κ1) is 20.8. The van der Waals surface area contributed by atoms with Crippen LogP contribution in [0, 0.1) is 12.8 Å². The van der Waals surface area contributed by atoms with Crippen molar-refractivity contribution in [2.45, 2.75) is 26.8 Å². The first-order valence-electron chi connectivity index (χ1n) is 9.37. The number of ether oxygens (including phenoxy) is 1. The van der Waals surface area contributed by atoms with Crippen LogP contribution in [-0.4, -0.2) is 35.4 Å². The number of oxazole rings is 1. The zero-order valence-electron chi connectivity index (χ0n) is 16.8. The Balaban J connectivity index is 1.77. The molecular formula is C22H24N2O4S. The van der Waals surface area contributed by atoms with E-state index in [1.807, 2.05) is 54.8 Å². The van der Waals surface area contributed by atoms with Gasteiger partial charge in [-0.15, -0.1) is 11.3 Å². The minimum absolute atomic E-state index is 0.112. The average molecular weight is 413 g/mol. The predicted octanol–water partition coefficient (Wildman–Crippen LogP) is 4.09. The molecule has 152 valence electrons. The van der Waals surface area contributed by atoms with Gasteiger partial charge in [0.05, 0.1) is 30.0 Å². The van der Waals surface area contributed by atoms with E-state index in [9.17, 15) is 9.59 Å². The monoisotopic (exact) mass is 412 g/mol. The molecule has 2 heterocycles. The largest absolute Gasteiger partial charge is 0.469 e. The smallest absolute Gasteiger partial charge is 0.310 e. The van der Waals surface area contributed by atoms with Crippen LogP contribution in [0.15, 0.2) is 52.3 Å². The number of carbonyl (C=O) groups is 2. The lowest BCUT2D eigenvalue weighted by molar-refractivity contribution is -0.146. The summed E-state index contributed by atoms with van der Waals surface area (Å²) in [7, 11) is 1.35. The van der Waals surface area contributed by atoms with Crippen molar-refractivity contribution in [2.24, 2.45) is 5.92 Å². The number of aryl methyl sites for hydroxylation is 1. The fraction of sp³-hybridized carbons (Fsp3) is 0.318. The molecule has 1 unspecified atom stereocenters. The summed E-state index contributed by atoms with van der Waals surface area (Å²) in [5.41, 5.74) is 1.61. The van der Waals surface area contributed by atoms with Gasteiger partial charge < -0.3 is 14.1 Å². The summed E-state index contributed by atoms with van der Waals surface area (Å²) < 4.78 is 10.6. The van der Waals surface area contributed by atoms with Crippen molar-refractivity contribution in [3.63, 3.8) is 0 Å². The van der Waals surface area contributed by atoms with E-state index in [0.29, 0.717) is 23.9 Å². The predicted molar refractivity (Wildman–Crippen MR) is 111 cm³/mol. The van der Waals surface area contributed by atoms with Gasteiger partial charge in [-0.05, 0) is 23.9 Å². The van der Waals surface area contributed by atoms with Crippen LogP contribution in [0.4, 0.5) is 0 Å². The third-order valence-electron chi connectivity index (χ3n) is 4.61. The summed E-state index contributed by atoms with van der Waals surface area (Å²) in [4.78, 5) is 32.1. The van der Waals surface area contributed by atoms with E-state index >= 15 is 0 Å².